The molecule has 0 unspecified atom stereocenters. The number of primary sulfonamides is 1. The molecule has 20 heavy (non-hydrogen) atoms. The van der Waals surface area contributed by atoms with E-state index in [2.05, 4.69) is 5.32 Å². The van der Waals surface area contributed by atoms with Crippen LogP contribution in [0.15, 0.2) is 23.1 Å². The van der Waals surface area contributed by atoms with E-state index >= 15 is 0 Å². The molecule has 110 valence electrons. The molecule has 1 aliphatic carbocycles. The first-order chi connectivity index (χ1) is 9.36. The summed E-state index contributed by atoms with van der Waals surface area (Å²) in [6.45, 7) is 1.67. The lowest BCUT2D eigenvalue weighted by Gasteiger charge is -2.11. The molecule has 5 nitrogen and oxygen atoms in total. The third-order valence-corrected chi connectivity index (χ3v) is 4.78. The summed E-state index contributed by atoms with van der Waals surface area (Å²) in [5, 5.41) is 7.90. The Bertz CT molecular complexity index is 605. The molecule has 1 amide bonds. The molecule has 0 radical (unpaired) electrons. The van der Waals surface area contributed by atoms with Crippen LogP contribution in [0.4, 0.5) is 5.69 Å². The van der Waals surface area contributed by atoms with E-state index in [1.807, 2.05) is 0 Å². The Kier molecular flexibility index (Phi) is 4.45. The average molecular weight is 296 g/mol. The second-order valence-corrected chi connectivity index (χ2v) is 6.96. The van der Waals surface area contributed by atoms with Crippen LogP contribution >= 0.6 is 0 Å². The molecule has 1 saturated carbocycles. The van der Waals surface area contributed by atoms with Crippen LogP contribution in [-0.4, -0.2) is 14.3 Å². The maximum Gasteiger partial charge on any atom is 0.238 e. The predicted octanol–water partition coefficient (Wildman–Crippen LogP) is 2.16. The Labute approximate surface area is 119 Å². The number of amides is 1. The molecule has 3 N–H and O–H groups in total. The summed E-state index contributed by atoms with van der Waals surface area (Å²) in [7, 11) is -3.77. The van der Waals surface area contributed by atoms with Crippen LogP contribution in [0.1, 0.15) is 37.7 Å². The molecule has 0 bridgehead atoms. The number of rotatable bonds is 4. The van der Waals surface area contributed by atoms with Crippen LogP contribution < -0.4 is 10.5 Å². The predicted molar refractivity (Wildman–Crippen MR) is 77.8 cm³/mol. The molecule has 1 fully saturated rings. The Morgan fingerprint density at radius 3 is 2.60 bits per heavy atom. The topological polar surface area (TPSA) is 89.3 Å². The highest BCUT2D eigenvalue weighted by molar-refractivity contribution is 7.89. The number of nitrogens with one attached hydrogen (secondary N) is 1. The van der Waals surface area contributed by atoms with E-state index in [4.69, 9.17) is 5.14 Å². The quantitative estimate of drug-likeness (QED) is 0.892. The minimum Gasteiger partial charge on any atom is -0.326 e. The zero-order chi connectivity index (χ0) is 14.8. The lowest BCUT2D eigenvalue weighted by Crippen LogP contribution is -2.17. The minimum atomic E-state index is -3.77. The Morgan fingerprint density at radius 2 is 2.00 bits per heavy atom. The fraction of sp³-hybridized carbons (Fsp3) is 0.500. The molecule has 2 rings (SSSR count). The number of nitrogens with two attached hydrogens (primary N) is 1. The van der Waals surface area contributed by atoms with Crippen molar-refractivity contribution in [1.82, 2.24) is 0 Å². The fourth-order valence-electron chi connectivity index (χ4n) is 2.67. The van der Waals surface area contributed by atoms with E-state index in [-0.39, 0.29) is 10.8 Å². The largest absolute Gasteiger partial charge is 0.326 e. The molecular weight excluding hydrogens is 276 g/mol. The van der Waals surface area contributed by atoms with Gasteiger partial charge in [0.05, 0.1) is 4.90 Å². The third-order valence-electron chi connectivity index (χ3n) is 3.73. The van der Waals surface area contributed by atoms with Crippen molar-refractivity contribution in [3.63, 3.8) is 0 Å². The number of hydrogen-bond acceptors (Lipinski definition) is 3. The van der Waals surface area contributed by atoms with Crippen LogP contribution in [0.25, 0.3) is 0 Å². The van der Waals surface area contributed by atoms with Crippen LogP contribution in [-0.2, 0) is 14.8 Å². The maximum atomic E-state index is 11.9. The van der Waals surface area contributed by atoms with E-state index in [0.717, 1.165) is 12.8 Å². The average Bonchev–Trinajstić information content (AvgIpc) is 2.83. The highest BCUT2D eigenvalue weighted by Gasteiger charge is 2.19. The van der Waals surface area contributed by atoms with Gasteiger partial charge in [-0.3, -0.25) is 4.79 Å². The van der Waals surface area contributed by atoms with Crippen molar-refractivity contribution < 1.29 is 13.2 Å². The van der Waals surface area contributed by atoms with Gasteiger partial charge in [0.15, 0.2) is 0 Å². The monoisotopic (exact) mass is 296 g/mol. The number of aryl methyl sites for hydroxylation is 1. The van der Waals surface area contributed by atoms with Gasteiger partial charge in [0.25, 0.3) is 0 Å². The normalized spacial score (nSPS) is 16.3. The molecule has 1 aromatic rings. The molecule has 0 atom stereocenters. The van der Waals surface area contributed by atoms with Crippen LogP contribution in [0.2, 0.25) is 0 Å². The number of benzene rings is 1. The zero-order valence-electron chi connectivity index (χ0n) is 11.6. The van der Waals surface area contributed by atoms with Crippen molar-refractivity contribution >= 4 is 21.6 Å². The first kappa shape index (κ1) is 15.0. The van der Waals surface area contributed by atoms with E-state index in [1.165, 1.54) is 18.9 Å². The van der Waals surface area contributed by atoms with Gasteiger partial charge in [-0.05, 0) is 43.4 Å². The van der Waals surface area contributed by atoms with Gasteiger partial charge < -0.3 is 5.32 Å². The Balaban J connectivity index is 2.07. The number of sulfonamides is 1. The lowest BCUT2D eigenvalue weighted by molar-refractivity contribution is -0.117. The summed E-state index contributed by atoms with van der Waals surface area (Å²) in [5.74, 6) is 0.388. The molecule has 0 aromatic heterocycles. The maximum absolute atomic E-state index is 11.9. The molecule has 6 heteroatoms. The summed E-state index contributed by atoms with van der Waals surface area (Å²) in [4.78, 5) is 12.0. The van der Waals surface area contributed by atoms with Crippen molar-refractivity contribution in [3.8, 4) is 0 Å². The number of carbonyl (C=O) groups is 1. The van der Waals surface area contributed by atoms with Gasteiger partial charge in [0.1, 0.15) is 0 Å². The van der Waals surface area contributed by atoms with Crippen molar-refractivity contribution in [2.24, 2.45) is 11.1 Å². The van der Waals surface area contributed by atoms with Gasteiger partial charge in [-0.1, -0.05) is 18.9 Å². The number of hydrogen-bond donors (Lipinski definition) is 2. The molecular formula is C14H20N2O3S. The fourth-order valence-corrected chi connectivity index (χ4v) is 3.48. The Morgan fingerprint density at radius 1 is 1.35 bits per heavy atom. The second kappa shape index (κ2) is 5.93. The SMILES string of the molecule is Cc1ccc(NC(=O)CC2CCCC2)cc1S(N)(=O)=O. The number of anilines is 1. The van der Waals surface area contributed by atoms with Crippen LogP contribution in [0.5, 0.6) is 0 Å². The standard InChI is InChI=1S/C14H20N2O3S/c1-10-6-7-12(9-13(10)20(15,18)19)16-14(17)8-11-4-2-3-5-11/h6-7,9,11H,2-5,8H2,1H3,(H,16,17)(H2,15,18,19). The third kappa shape index (κ3) is 3.80. The minimum absolute atomic E-state index is 0.0520. The summed E-state index contributed by atoms with van der Waals surface area (Å²) in [5.41, 5.74) is 1.05. The summed E-state index contributed by atoms with van der Waals surface area (Å²) >= 11 is 0. The molecule has 0 heterocycles. The molecule has 0 saturated heterocycles. The lowest BCUT2D eigenvalue weighted by atomic mass is 10.0. The summed E-state index contributed by atoms with van der Waals surface area (Å²) in [6, 6.07) is 4.75. The van der Waals surface area contributed by atoms with Crippen molar-refractivity contribution in [2.45, 2.75) is 43.9 Å². The van der Waals surface area contributed by atoms with E-state index < -0.39 is 10.0 Å². The smallest absolute Gasteiger partial charge is 0.238 e. The van der Waals surface area contributed by atoms with Crippen LogP contribution in [0, 0.1) is 12.8 Å². The summed E-state index contributed by atoms with van der Waals surface area (Å²) in [6.07, 6.45) is 5.09. The van der Waals surface area contributed by atoms with E-state index in [0.29, 0.717) is 23.6 Å². The van der Waals surface area contributed by atoms with Gasteiger partial charge in [0.2, 0.25) is 15.9 Å². The molecule has 0 spiro atoms. The van der Waals surface area contributed by atoms with Crippen molar-refractivity contribution in [2.75, 3.05) is 5.32 Å². The zero-order valence-corrected chi connectivity index (χ0v) is 12.4. The van der Waals surface area contributed by atoms with Gasteiger partial charge in [-0.25, -0.2) is 13.6 Å². The van der Waals surface area contributed by atoms with E-state index in [1.54, 1.807) is 19.1 Å². The molecule has 1 aromatic carbocycles. The second-order valence-electron chi connectivity index (χ2n) is 5.43. The number of carbonyl (C=O) groups excluding carboxylic acids is 1. The first-order valence-corrected chi connectivity index (χ1v) is 8.34. The van der Waals surface area contributed by atoms with Gasteiger partial charge in [-0.2, -0.15) is 0 Å². The van der Waals surface area contributed by atoms with Gasteiger partial charge in [0, 0.05) is 12.1 Å². The van der Waals surface area contributed by atoms with Crippen molar-refractivity contribution in [3.05, 3.63) is 23.8 Å². The highest BCUT2D eigenvalue weighted by Crippen LogP contribution is 2.28. The Hall–Kier alpha value is -1.40. The molecule has 1 aliphatic rings. The van der Waals surface area contributed by atoms with Gasteiger partial charge in [-0.15, -0.1) is 0 Å². The first-order valence-electron chi connectivity index (χ1n) is 6.79. The van der Waals surface area contributed by atoms with Crippen molar-refractivity contribution in [1.29, 1.82) is 0 Å². The van der Waals surface area contributed by atoms with Gasteiger partial charge >= 0.3 is 0 Å². The highest BCUT2D eigenvalue weighted by atomic mass is 32.2. The van der Waals surface area contributed by atoms with E-state index in [9.17, 15) is 13.2 Å². The summed E-state index contributed by atoms with van der Waals surface area (Å²) < 4.78 is 22.9. The molecule has 0 aliphatic heterocycles. The van der Waals surface area contributed by atoms with Crippen LogP contribution in [0.3, 0.4) is 0 Å².